The van der Waals surface area contributed by atoms with E-state index in [0.717, 1.165) is 6.26 Å². The maximum atomic E-state index is 14.9. The van der Waals surface area contributed by atoms with Gasteiger partial charge in [-0.15, -0.1) is 0 Å². The lowest BCUT2D eigenvalue weighted by Gasteiger charge is -2.44. The summed E-state index contributed by atoms with van der Waals surface area (Å²) in [6.07, 6.45) is 1.09. The highest BCUT2D eigenvalue weighted by Gasteiger charge is 2.72. The van der Waals surface area contributed by atoms with E-state index < -0.39 is 45.8 Å². The number of halogens is 2. The van der Waals surface area contributed by atoms with E-state index in [9.17, 15) is 22.0 Å². The van der Waals surface area contributed by atoms with Crippen molar-refractivity contribution in [2.75, 3.05) is 33.2 Å². The van der Waals surface area contributed by atoms with Crippen LogP contribution in [0.5, 0.6) is 23.0 Å². The molecule has 3 aliphatic heterocycles. The van der Waals surface area contributed by atoms with Crippen molar-refractivity contribution in [3.8, 4) is 23.0 Å². The van der Waals surface area contributed by atoms with Crippen molar-refractivity contribution in [2.24, 2.45) is 11.8 Å². The molecule has 0 bridgehead atoms. The molecule has 2 fully saturated rings. The first kappa shape index (κ1) is 24.2. The average molecular weight is 537 g/mol. The van der Waals surface area contributed by atoms with Gasteiger partial charge in [0.25, 0.3) is 5.92 Å². The van der Waals surface area contributed by atoms with E-state index in [0.29, 0.717) is 53.6 Å². The van der Waals surface area contributed by atoms with E-state index in [4.69, 9.17) is 18.9 Å². The first-order chi connectivity index (χ1) is 17.6. The largest absolute Gasteiger partial charge is 0.497 e. The smallest absolute Gasteiger partial charge is 0.268 e. The first-order valence-corrected chi connectivity index (χ1v) is 13.8. The third kappa shape index (κ3) is 4.15. The van der Waals surface area contributed by atoms with Gasteiger partial charge in [-0.05, 0) is 29.8 Å². The molecule has 2 aromatic carbocycles. The van der Waals surface area contributed by atoms with Gasteiger partial charge in [0, 0.05) is 37.1 Å². The highest BCUT2D eigenvalue weighted by atomic mass is 32.2. The second-order valence-corrected chi connectivity index (χ2v) is 11.9. The van der Waals surface area contributed by atoms with Crippen molar-refractivity contribution >= 4 is 15.9 Å². The van der Waals surface area contributed by atoms with Gasteiger partial charge in [0.15, 0.2) is 11.5 Å². The van der Waals surface area contributed by atoms with E-state index in [-0.39, 0.29) is 12.7 Å². The number of fused-ring (bicyclic) bond motifs is 2. The fourth-order valence-electron chi connectivity index (χ4n) is 5.44. The summed E-state index contributed by atoms with van der Waals surface area (Å²) in [5.74, 6) is -4.90. The Morgan fingerprint density at radius 2 is 1.86 bits per heavy atom. The number of sulfonamides is 1. The molecule has 4 aliphatic rings. The average Bonchev–Trinajstić information content (AvgIpc) is 3.13. The van der Waals surface area contributed by atoms with Gasteiger partial charge in [0.2, 0.25) is 22.7 Å². The number of carbonyl (C=O) groups excluding carboxylic acids is 1. The molecule has 1 N–H and O–H groups in total. The monoisotopic (exact) mass is 536 g/mol. The number of carbonyl (C=O) groups is 1. The van der Waals surface area contributed by atoms with Crippen molar-refractivity contribution in [1.29, 1.82) is 0 Å². The molecular formula is C25H26F2N2O7S. The number of hydrogen-bond donors (Lipinski definition) is 1. The second kappa shape index (κ2) is 8.45. The molecule has 198 valence electrons. The summed E-state index contributed by atoms with van der Waals surface area (Å²) in [6, 6.07) is 9.20. The van der Waals surface area contributed by atoms with Crippen LogP contribution in [0.15, 0.2) is 36.4 Å². The van der Waals surface area contributed by atoms with Gasteiger partial charge in [-0.1, -0.05) is 6.07 Å². The Morgan fingerprint density at radius 1 is 1.11 bits per heavy atom. The Kier molecular flexibility index (Phi) is 5.53. The van der Waals surface area contributed by atoms with E-state index in [1.807, 2.05) is 0 Å². The summed E-state index contributed by atoms with van der Waals surface area (Å²) in [6.45, 7) is 0.633. The van der Waals surface area contributed by atoms with Crippen LogP contribution in [0.1, 0.15) is 29.5 Å². The minimum absolute atomic E-state index is 0.0296. The molecule has 4 atom stereocenters. The molecule has 0 aromatic heterocycles. The zero-order valence-electron chi connectivity index (χ0n) is 20.1. The Balaban J connectivity index is 1.21. The number of rotatable bonds is 6. The summed E-state index contributed by atoms with van der Waals surface area (Å²) >= 11 is 0. The number of ether oxygens (including phenoxy) is 4. The quantitative estimate of drug-likeness (QED) is 0.606. The molecule has 4 unspecified atom stereocenters. The summed E-state index contributed by atoms with van der Waals surface area (Å²) in [4.78, 5) is 13.2. The van der Waals surface area contributed by atoms with Gasteiger partial charge in [-0.2, -0.15) is 0 Å². The molecule has 9 nitrogen and oxygen atoms in total. The van der Waals surface area contributed by atoms with Crippen molar-refractivity contribution in [3.05, 3.63) is 47.5 Å². The predicted molar refractivity (Wildman–Crippen MR) is 127 cm³/mol. The summed E-state index contributed by atoms with van der Waals surface area (Å²) in [5, 5.41) is 2.83. The lowest BCUT2D eigenvalue weighted by Crippen LogP contribution is -2.56. The Labute approximate surface area is 212 Å². The van der Waals surface area contributed by atoms with E-state index >= 15 is 0 Å². The summed E-state index contributed by atoms with van der Waals surface area (Å²) < 4.78 is 76.8. The predicted octanol–water partition coefficient (Wildman–Crippen LogP) is 2.67. The van der Waals surface area contributed by atoms with Crippen molar-refractivity contribution in [1.82, 2.24) is 9.62 Å². The van der Waals surface area contributed by atoms with Crippen molar-refractivity contribution < 1.29 is 40.9 Å². The molecule has 12 heteroatoms. The molecular weight excluding hydrogens is 510 g/mol. The molecule has 0 radical (unpaired) electrons. The van der Waals surface area contributed by atoms with Crippen LogP contribution < -0.4 is 24.3 Å². The van der Waals surface area contributed by atoms with E-state index in [1.54, 1.807) is 24.3 Å². The highest BCUT2D eigenvalue weighted by Crippen LogP contribution is 2.62. The molecule has 1 saturated carbocycles. The fraction of sp³-hybridized carbons (Fsp3) is 0.480. The standard InChI is InChI=1S/C25H26F2N2O7S/c1-33-15-4-5-16-17(9-19(36-20(16)8-15)14-10-29(11-14)37(2,31)32)28-24(30)23-22(25(23,26)27)13-3-6-18-21(7-13)35-12-34-18/h3-8,14,17,19,22-23H,9-12H2,1-2H3,(H,28,30). The minimum atomic E-state index is -3.31. The van der Waals surface area contributed by atoms with Crippen LogP contribution >= 0.6 is 0 Å². The van der Waals surface area contributed by atoms with Crippen LogP contribution in [0, 0.1) is 11.8 Å². The highest BCUT2D eigenvalue weighted by molar-refractivity contribution is 7.88. The molecule has 1 amide bonds. The number of methoxy groups -OCH3 is 1. The summed E-state index contributed by atoms with van der Waals surface area (Å²) in [7, 11) is -1.79. The second-order valence-electron chi connectivity index (χ2n) is 9.94. The van der Waals surface area contributed by atoms with Gasteiger partial charge in [-0.3, -0.25) is 4.79 Å². The van der Waals surface area contributed by atoms with Crippen LogP contribution in [-0.4, -0.2) is 63.9 Å². The number of amides is 1. The number of hydrogen-bond acceptors (Lipinski definition) is 7. The molecule has 37 heavy (non-hydrogen) atoms. The van der Waals surface area contributed by atoms with Gasteiger partial charge in [-0.25, -0.2) is 21.5 Å². The normalized spacial score (nSPS) is 28.0. The van der Waals surface area contributed by atoms with Crippen LogP contribution in [0.25, 0.3) is 0 Å². The Hall–Kier alpha value is -3.12. The molecule has 6 rings (SSSR count). The van der Waals surface area contributed by atoms with Crippen molar-refractivity contribution in [3.63, 3.8) is 0 Å². The molecule has 2 aromatic rings. The molecule has 1 saturated heterocycles. The zero-order chi connectivity index (χ0) is 26.1. The number of benzene rings is 2. The maximum Gasteiger partial charge on any atom is 0.268 e. The Bertz CT molecular complexity index is 1360. The van der Waals surface area contributed by atoms with Crippen LogP contribution in [0.3, 0.4) is 0 Å². The zero-order valence-corrected chi connectivity index (χ0v) is 21.0. The SMILES string of the molecule is COc1ccc2c(c1)OC(C1CN(S(C)(=O)=O)C1)CC2NC(=O)C1C(c2ccc3c(c2)OCO3)C1(F)F. The maximum absolute atomic E-state index is 14.9. The van der Waals surface area contributed by atoms with Crippen LogP contribution in [0.4, 0.5) is 8.78 Å². The number of alkyl halides is 2. The van der Waals surface area contributed by atoms with E-state index in [1.165, 1.54) is 23.5 Å². The fourth-order valence-corrected chi connectivity index (χ4v) is 6.36. The first-order valence-electron chi connectivity index (χ1n) is 11.9. The van der Waals surface area contributed by atoms with E-state index in [2.05, 4.69) is 5.32 Å². The lowest BCUT2D eigenvalue weighted by molar-refractivity contribution is -0.125. The third-order valence-corrected chi connectivity index (χ3v) is 8.86. The molecule has 3 heterocycles. The Morgan fingerprint density at radius 3 is 2.59 bits per heavy atom. The third-order valence-electron chi connectivity index (χ3n) is 7.62. The summed E-state index contributed by atoms with van der Waals surface area (Å²) in [5.41, 5.74) is 0.980. The van der Waals surface area contributed by atoms with Crippen LogP contribution in [0.2, 0.25) is 0 Å². The van der Waals surface area contributed by atoms with Gasteiger partial charge < -0.3 is 24.3 Å². The topological polar surface area (TPSA) is 103 Å². The lowest BCUT2D eigenvalue weighted by atomic mass is 9.86. The van der Waals surface area contributed by atoms with Gasteiger partial charge in [0.05, 0.1) is 25.3 Å². The number of nitrogens with zero attached hydrogens (tertiary/aromatic N) is 1. The van der Waals surface area contributed by atoms with Gasteiger partial charge in [0.1, 0.15) is 23.5 Å². The molecule has 0 spiro atoms. The number of nitrogens with one attached hydrogen (secondary N) is 1. The van der Waals surface area contributed by atoms with Crippen molar-refractivity contribution in [2.45, 2.75) is 30.4 Å². The molecule has 1 aliphatic carbocycles. The minimum Gasteiger partial charge on any atom is -0.497 e. The van der Waals surface area contributed by atoms with Crippen LogP contribution in [-0.2, 0) is 14.8 Å². The van der Waals surface area contributed by atoms with Gasteiger partial charge >= 0.3 is 0 Å².